The minimum atomic E-state index is -0.764. The number of aryl methyl sites for hydroxylation is 1. The fourth-order valence-corrected chi connectivity index (χ4v) is 5.71. The standard InChI is InChI=1S/C30H36N8O6S/c1-7-43-29(42)38-27-20(16-23(45-27)28(41)44-30(3,4)5)24(35-38)32-25(39)19-9-8-18(37-12-10-36(6)11-13-37)15-21(19)31-26(40)22-14-17(2)33-34-22/h8-9,14-16H,7,10-13H2,1-6H3,(H,31,40)(H,33,34)(H,32,35,39). The summed E-state index contributed by atoms with van der Waals surface area (Å²) in [6.07, 6.45) is -0.764. The first-order valence-corrected chi connectivity index (χ1v) is 15.3. The molecule has 1 aromatic carbocycles. The number of benzene rings is 1. The molecule has 15 heteroatoms. The summed E-state index contributed by atoms with van der Waals surface area (Å²) in [6.45, 7) is 12.1. The van der Waals surface area contributed by atoms with Crippen molar-refractivity contribution in [3.63, 3.8) is 0 Å². The number of nitrogens with zero attached hydrogens (tertiary/aromatic N) is 5. The third-order valence-corrected chi connectivity index (χ3v) is 8.03. The van der Waals surface area contributed by atoms with E-state index in [0.717, 1.165) is 47.9 Å². The molecule has 1 fully saturated rings. The van der Waals surface area contributed by atoms with Gasteiger partial charge in [-0.3, -0.25) is 14.7 Å². The molecule has 0 spiro atoms. The lowest BCUT2D eigenvalue weighted by Crippen LogP contribution is -2.44. The van der Waals surface area contributed by atoms with Crippen molar-refractivity contribution < 1.29 is 28.7 Å². The first kappa shape index (κ1) is 31.7. The Balaban J connectivity index is 1.50. The predicted molar refractivity (Wildman–Crippen MR) is 171 cm³/mol. The van der Waals surface area contributed by atoms with Crippen LogP contribution in [0.1, 0.15) is 63.9 Å². The number of piperazine rings is 1. The molecule has 1 aliphatic rings. The fourth-order valence-electron chi connectivity index (χ4n) is 4.73. The number of anilines is 3. The Morgan fingerprint density at radius 2 is 1.76 bits per heavy atom. The number of amides is 2. The number of esters is 1. The number of hydrogen-bond donors (Lipinski definition) is 3. The van der Waals surface area contributed by atoms with Crippen LogP contribution >= 0.6 is 11.3 Å². The van der Waals surface area contributed by atoms with E-state index in [4.69, 9.17) is 9.47 Å². The van der Waals surface area contributed by atoms with Crippen molar-refractivity contribution in [2.75, 3.05) is 55.4 Å². The van der Waals surface area contributed by atoms with Crippen LogP contribution in [0.3, 0.4) is 0 Å². The van der Waals surface area contributed by atoms with Crippen molar-refractivity contribution in [3.8, 4) is 0 Å². The zero-order valence-electron chi connectivity index (χ0n) is 26.0. The Labute approximate surface area is 263 Å². The van der Waals surface area contributed by atoms with Gasteiger partial charge in [-0.1, -0.05) is 0 Å². The third-order valence-electron chi connectivity index (χ3n) is 6.94. The number of aromatic amines is 1. The maximum Gasteiger partial charge on any atom is 0.436 e. The van der Waals surface area contributed by atoms with Crippen LogP contribution in [-0.4, -0.2) is 94.2 Å². The van der Waals surface area contributed by atoms with Gasteiger partial charge in [-0.25, -0.2) is 9.59 Å². The number of rotatable bonds is 7. The molecule has 0 radical (unpaired) electrons. The molecule has 0 aliphatic carbocycles. The van der Waals surface area contributed by atoms with Gasteiger partial charge in [0.2, 0.25) is 0 Å². The Kier molecular flexibility index (Phi) is 8.93. The lowest BCUT2D eigenvalue weighted by molar-refractivity contribution is 0.00750. The predicted octanol–water partition coefficient (Wildman–Crippen LogP) is 4.35. The van der Waals surface area contributed by atoms with Crippen LogP contribution in [0.15, 0.2) is 30.3 Å². The molecule has 238 valence electrons. The van der Waals surface area contributed by atoms with Gasteiger partial charge in [0.1, 0.15) is 15.3 Å². The molecule has 0 bridgehead atoms. The van der Waals surface area contributed by atoms with Crippen molar-refractivity contribution in [2.24, 2.45) is 0 Å². The number of aromatic nitrogens is 4. The van der Waals surface area contributed by atoms with Crippen molar-refractivity contribution >= 4 is 62.6 Å². The molecule has 4 heterocycles. The lowest BCUT2D eigenvalue weighted by Gasteiger charge is -2.34. The van der Waals surface area contributed by atoms with Crippen molar-refractivity contribution in [2.45, 2.75) is 40.2 Å². The third kappa shape index (κ3) is 7.15. The van der Waals surface area contributed by atoms with Crippen LogP contribution in [-0.2, 0) is 9.47 Å². The summed E-state index contributed by atoms with van der Waals surface area (Å²) in [5, 5.41) is 17.0. The van der Waals surface area contributed by atoms with E-state index >= 15 is 0 Å². The van der Waals surface area contributed by atoms with Gasteiger partial charge in [-0.15, -0.1) is 16.4 Å². The van der Waals surface area contributed by atoms with Gasteiger partial charge in [0.15, 0.2) is 11.5 Å². The highest BCUT2D eigenvalue weighted by molar-refractivity contribution is 7.20. The number of carbonyl (C=O) groups is 4. The summed E-state index contributed by atoms with van der Waals surface area (Å²) < 4.78 is 11.7. The molecule has 14 nitrogen and oxygen atoms in total. The molecule has 1 aliphatic heterocycles. The van der Waals surface area contributed by atoms with Crippen molar-refractivity contribution in [1.82, 2.24) is 24.9 Å². The molecule has 2 amide bonds. The molecule has 3 N–H and O–H groups in total. The van der Waals surface area contributed by atoms with Gasteiger partial charge in [0.05, 0.1) is 23.2 Å². The second-order valence-electron chi connectivity index (χ2n) is 11.7. The molecular weight excluding hydrogens is 600 g/mol. The van der Waals surface area contributed by atoms with Crippen LogP contribution in [0.2, 0.25) is 0 Å². The van der Waals surface area contributed by atoms with Crippen LogP contribution in [0.5, 0.6) is 0 Å². The van der Waals surface area contributed by atoms with Gasteiger partial charge in [0, 0.05) is 37.6 Å². The van der Waals surface area contributed by atoms with E-state index in [0.29, 0.717) is 15.9 Å². The van der Waals surface area contributed by atoms with E-state index in [9.17, 15) is 19.2 Å². The molecule has 1 saturated heterocycles. The normalized spacial score (nSPS) is 14.0. The summed E-state index contributed by atoms with van der Waals surface area (Å²) in [6, 6.07) is 8.35. The summed E-state index contributed by atoms with van der Waals surface area (Å²) in [5.41, 5.74) is 1.44. The first-order chi connectivity index (χ1) is 21.3. The van der Waals surface area contributed by atoms with Crippen molar-refractivity contribution in [3.05, 3.63) is 52.2 Å². The highest BCUT2D eigenvalue weighted by Gasteiger charge is 2.27. The van der Waals surface area contributed by atoms with E-state index in [-0.39, 0.29) is 34.2 Å². The summed E-state index contributed by atoms with van der Waals surface area (Å²) >= 11 is 0.998. The SMILES string of the molecule is CCOC(=O)n1nc(NC(=O)c2ccc(N3CCN(C)CC3)cc2NC(=O)c2cc(C)[nH]n2)c2cc(C(=O)OC(C)(C)C)sc21. The summed E-state index contributed by atoms with van der Waals surface area (Å²) in [5.74, 6) is -1.61. The second kappa shape index (κ2) is 12.7. The summed E-state index contributed by atoms with van der Waals surface area (Å²) in [7, 11) is 2.06. The van der Waals surface area contributed by atoms with E-state index in [1.807, 2.05) is 6.07 Å². The average molecular weight is 637 g/mol. The highest BCUT2D eigenvalue weighted by Crippen LogP contribution is 2.34. The molecule has 0 unspecified atom stereocenters. The average Bonchev–Trinajstić information content (AvgIpc) is 3.69. The molecule has 0 atom stereocenters. The number of likely N-dealkylation sites (N-methyl/N-ethyl adjacent to an activating group) is 1. The van der Waals surface area contributed by atoms with Gasteiger partial charge in [0.25, 0.3) is 11.8 Å². The van der Waals surface area contributed by atoms with Crippen LogP contribution < -0.4 is 15.5 Å². The Hall–Kier alpha value is -4.76. The number of H-pyrrole nitrogens is 1. The number of hydrogen-bond acceptors (Lipinski definition) is 11. The van der Waals surface area contributed by atoms with Crippen LogP contribution in [0.4, 0.5) is 22.0 Å². The monoisotopic (exact) mass is 636 g/mol. The van der Waals surface area contributed by atoms with Gasteiger partial charge >= 0.3 is 12.1 Å². The quantitative estimate of drug-likeness (QED) is 0.249. The molecule has 5 rings (SSSR count). The largest absolute Gasteiger partial charge is 0.456 e. The second-order valence-corrected chi connectivity index (χ2v) is 12.7. The smallest absolute Gasteiger partial charge is 0.436 e. The molecule has 45 heavy (non-hydrogen) atoms. The van der Waals surface area contributed by atoms with E-state index < -0.39 is 29.5 Å². The Bertz CT molecular complexity index is 1760. The number of carbonyl (C=O) groups excluding carboxylic acids is 4. The zero-order chi connectivity index (χ0) is 32.5. The molecule has 4 aromatic rings. The minimum absolute atomic E-state index is 0.0393. The van der Waals surface area contributed by atoms with E-state index in [1.165, 1.54) is 6.07 Å². The minimum Gasteiger partial charge on any atom is -0.456 e. The topological polar surface area (TPSA) is 164 Å². The molecule has 3 aromatic heterocycles. The highest BCUT2D eigenvalue weighted by atomic mass is 32.1. The van der Waals surface area contributed by atoms with E-state index in [2.05, 4.69) is 42.8 Å². The number of nitrogens with one attached hydrogen (secondary N) is 3. The molecule has 0 saturated carbocycles. The number of thiophene rings is 1. The molecular formula is C30H36N8O6S. The van der Waals surface area contributed by atoms with Gasteiger partial charge < -0.3 is 29.9 Å². The maximum atomic E-state index is 13.8. The number of fused-ring (bicyclic) bond motifs is 1. The van der Waals surface area contributed by atoms with Gasteiger partial charge in [-0.2, -0.15) is 9.78 Å². The Morgan fingerprint density at radius 3 is 2.40 bits per heavy atom. The lowest BCUT2D eigenvalue weighted by atomic mass is 10.1. The van der Waals surface area contributed by atoms with Gasteiger partial charge in [-0.05, 0) is 72.0 Å². The van der Waals surface area contributed by atoms with E-state index in [1.54, 1.807) is 52.8 Å². The van der Waals surface area contributed by atoms with Crippen LogP contribution in [0.25, 0.3) is 10.2 Å². The Morgan fingerprint density at radius 1 is 1.02 bits per heavy atom. The fraction of sp³-hybridized carbons (Fsp3) is 0.400. The maximum absolute atomic E-state index is 13.8. The number of ether oxygens (including phenoxy) is 2. The first-order valence-electron chi connectivity index (χ1n) is 14.5. The summed E-state index contributed by atoms with van der Waals surface area (Å²) in [4.78, 5) is 57.5. The van der Waals surface area contributed by atoms with Crippen LogP contribution in [0, 0.1) is 6.92 Å². The van der Waals surface area contributed by atoms with Crippen molar-refractivity contribution in [1.29, 1.82) is 0 Å². The zero-order valence-corrected chi connectivity index (χ0v) is 26.8.